The lowest BCUT2D eigenvalue weighted by molar-refractivity contribution is -0.117. The Balaban J connectivity index is 1.62. The summed E-state index contributed by atoms with van der Waals surface area (Å²) in [5.74, 6) is 3.10. The molecular formula is C21H31N3O2S. The largest absolute Gasteiger partial charge is 0.337 e. The molecule has 0 spiro atoms. The lowest BCUT2D eigenvalue weighted by Crippen LogP contribution is -2.38. The van der Waals surface area contributed by atoms with Crippen LogP contribution in [0.5, 0.6) is 0 Å². The van der Waals surface area contributed by atoms with Crippen LogP contribution < -0.4 is 10.6 Å². The second-order valence-corrected chi connectivity index (χ2v) is 8.92. The SMILES string of the molecule is Cc1c(NC(=O)CC(C)C2CCNCC2)cccc1C(=O)N1CCSCC1. The molecule has 2 heterocycles. The Morgan fingerprint density at radius 1 is 1.26 bits per heavy atom. The van der Waals surface area contributed by atoms with Gasteiger partial charge in [-0.05, 0) is 62.4 Å². The maximum atomic E-state index is 12.8. The van der Waals surface area contributed by atoms with Gasteiger partial charge in [0.05, 0.1) is 0 Å². The van der Waals surface area contributed by atoms with Gasteiger partial charge in [-0.2, -0.15) is 11.8 Å². The van der Waals surface area contributed by atoms with Crippen molar-refractivity contribution in [3.63, 3.8) is 0 Å². The van der Waals surface area contributed by atoms with Gasteiger partial charge in [0, 0.05) is 42.3 Å². The van der Waals surface area contributed by atoms with E-state index in [0.29, 0.717) is 23.8 Å². The van der Waals surface area contributed by atoms with Crippen LogP contribution in [0.15, 0.2) is 18.2 Å². The molecule has 0 bridgehead atoms. The van der Waals surface area contributed by atoms with Gasteiger partial charge in [-0.15, -0.1) is 0 Å². The highest BCUT2D eigenvalue weighted by atomic mass is 32.2. The predicted octanol–water partition coefficient (Wildman–Crippen LogP) is 3.15. The molecule has 0 aliphatic carbocycles. The molecule has 2 amide bonds. The van der Waals surface area contributed by atoms with E-state index < -0.39 is 0 Å². The molecule has 2 saturated heterocycles. The van der Waals surface area contributed by atoms with Crippen LogP contribution >= 0.6 is 11.8 Å². The number of hydrogen-bond acceptors (Lipinski definition) is 4. The summed E-state index contributed by atoms with van der Waals surface area (Å²) in [5, 5.41) is 6.43. The Bertz CT molecular complexity index is 667. The van der Waals surface area contributed by atoms with E-state index in [1.54, 1.807) is 0 Å². The van der Waals surface area contributed by atoms with E-state index in [9.17, 15) is 9.59 Å². The Morgan fingerprint density at radius 2 is 1.96 bits per heavy atom. The van der Waals surface area contributed by atoms with Crippen LogP contribution in [-0.2, 0) is 4.79 Å². The maximum absolute atomic E-state index is 12.8. The minimum Gasteiger partial charge on any atom is -0.337 e. The number of thioether (sulfide) groups is 1. The maximum Gasteiger partial charge on any atom is 0.254 e. The lowest BCUT2D eigenvalue weighted by atomic mass is 9.84. The lowest BCUT2D eigenvalue weighted by Gasteiger charge is -2.28. The summed E-state index contributed by atoms with van der Waals surface area (Å²) in [4.78, 5) is 27.3. The van der Waals surface area contributed by atoms with Crippen molar-refractivity contribution in [3.05, 3.63) is 29.3 Å². The van der Waals surface area contributed by atoms with Crippen LogP contribution in [0.1, 0.15) is 42.1 Å². The Labute approximate surface area is 166 Å². The van der Waals surface area contributed by atoms with Gasteiger partial charge in [-0.3, -0.25) is 9.59 Å². The number of benzene rings is 1. The summed E-state index contributed by atoms with van der Waals surface area (Å²) in [6, 6.07) is 5.63. The normalized spacial score (nSPS) is 19.6. The minimum absolute atomic E-state index is 0.0445. The van der Waals surface area contributed by atoms with Gasteiger partial charge >= 0.3 is 0 Å². The van der Waals surface area contributed by atoms with Crippen molar-refractivity contribution >= 4 is 29.3 Å². The van der Waals surface area contributed by atoms with Gasteiger partial charge in [0.25, 0.3) is 5.91 Å². The fourth-order valence-electron chi connectivity index (χ4n) is 4.01. The summed E-state index contributed by atoms with van der Waals surface area (Å²) in [6.45, 7) is 7.80. The molecule has 1 aromatic carbocycles. The molecule has 3 rings (SSSR count). The van der Waals surface area contributed by atoms with Crippen molar-refractivity contribution in [1.82, 2.24) is 10.2 Å². The zero-order valence-electron chi connectivity index (χ0n) is 16.4. The number of piperidine rings is 1. The molecule has 1 unspecified atom stereocenters. The molecule has 148 valence electrons. The smallest absolute Gasteiger partial charge is 0.254 e. The highest BCUT2D eigenvalue weighted by molar-refractivity contribution is 7.99. The van der Waals surface area contributed by atoms with E-state index in [1.807, 2.05) is 41.8 Å². The molecule has 27 heavy (non-hydrogen) atoms. The van der Waals surface area contributed by atoms with Crippen molar-refractivity contribution in [2.24, 2.45) is 11.8 Å². The average molecular weight is 390 g/mol. The first-order valence-corrected chi connectivity index (χ1v) is 11.2. The number of nitrogens with one attached hydrogen (secondary N) is 2. The fraction of sp³-hybridized carbons (Fsp3) is 0.619. The van der Waals surface area contributed by atoms with Crippen LogP contribution in [0, 0.1) is 18.8 Å². The van der Waals surface area contributed by atoms with E-state index in [-0.39, 0.29) is 11.8 Å². The van der Waals surface area contributed by atoms with Gasteiger partial charge in [0.15, 0.2) is 0 Å². The third-order valence-corrected chi connectivity index (χ3v) is 6.78. The summed E-state index contributed by atoms with van der Waals surface area (Å²) >= 11 is 1.89. The molecule has 2 N–H and O–H groups in total. The van der Waals surface area contributed by atoms with E-state index in [4.69, 9.17) is 0 Å². The topological polar surface area (TPSA) is 61.4 Å². The van der Waals surface area contributed by atoms with Crippen LogP contribution in [-0.4, -0.2) is 54.4 Å². The summed E-state index contributed by atoms with van der Waals surface area (Å²) in [5.41, 5.74) is 2.32. The summed E-state index contributed by atoms with van der Waals surface area (Å²) in [6.07, 6.45) is 2.82. The van der Waals surface area contributed by atoms with Crippen LogP contribution in [0.2, 0.25) is 0 Å². The van der Waals surface area contributed by atoms with Crippen LogP contribution in [0.4, 0.5) is 5.69 Å². The number of carbonyl (C=O) groups excluding carboxylic acids is 2. The predicted molar refractivity (Wildman–Crippen MR) is 112 cm³/mol. The number of rotatable bonds is 5. The zero-order valence-corrected chi connectivity index (χ0v) is 17.2. The van der Waals surface area contributed by atoms with E-state index >= 15 is 0 Å². The molecule has 2 fully saturated rings. The van der Waals surface area contributed by atoms with E-state index in [0.717, 1.165) is 61.8 Å². The molecule has 0 radical (unpaired) electrons. The number of hydrogen-bond donors (Lipinski definition) is 2. The number of amides is 2. The number of carbonyl (C=O) groups is 2. The van der Waals surface area contributed by atoms with Crippen LogP contribution in [0.25, 0.3) is 0 Å². The van der Waals surface area contributed by atoms with E-state index in [2.05, 4.69) is 17.6 Å². The van der Waals surface area contributed by atoms with Crippen molar-refractivity contribution < 1.29 is 9.59 Å². The van der Waals surface area contributed by atoms with Gasteiger partial charge in [0.2, 0.25) is 5.91 Å². The molecule has 6 heteroatoms. The summed E-state index contributed by atoms with van der Waals surface area (Å²) in [7, 11) is 0. The second-order valence-electron chi connectivity index (χ2n) is 7.70. The highest BCUT2D eigenvalue weighted by Gasteiger charge is 2.24. The first-order valence-electron chi connectivity index (χ1n) is 10.0. The first kappa shape index (κ1) is 20.2. The van der Waals surface area contributed by atoms with Gasteiger partial charge in [-0.25, -0.2) is 0 Å². The molecule has 0 aromatic heterocycles. The Kier molecular flexibility index (Phi) is 7.19. The molecule has 0 saturated carbocycles. The Hall–Kier alpha value is -1.53. The number of anilines is 1. The van der Waals surface area contributed by atoms with Crippen molar-refractivity contribution in [3.8, 4) is 0 Å². The average Bonchev–Trinajstić information content (AvgIpc) is 2.70. The first-order chi connectivity index (χ1) is 13.1. The van der Waals surface area contributed by atoms with Gasteiger partial charge < -0.3 is 15.5 Å². The number of nitrogens with zero attached hydrogens (tertiary/aromatic N) is 1. The molecule has 2 aliphatic heterocycles. The van der Waals surface area contributed by atoms with E-state index in [1.165, 1.54) is 0 Å². The second kappa shape index (κ2) is 9.60. The summed E-state index contributed by atoms with van der Waals surface area (Å²) < 4.78 is 0. The van der Waals surface area contributed by atoms with Crippen LogP contribution in [0.3, 0.4) is 0 Å². The zero-order chi connectivity index (χ0) is 19.2. The highest BCUT2D eigenvalue weighted by Crippen LogP contribution is 2.26. The van der Waals surface area contributed by atoms with Crippen molar-refractivity contribution in [2.75, 3.05) is 43.0 Å². The monoisotopic (exact) mass is 389 g/mol. The molecule has 2 aliphatic rings. The molecule has 5 nitrogen and oxygen atoms in total. The molecule has 1 atom stereocenters. The quantitative estimate of drug-likeness (QED) is 0.812. The van der Waals surface area contributed by atoms with Crippen molar-refractivity contribution in [2.45, 2.75) is 33.1 Å². The third-order valence-electron chi connectivity index (χ3n) is 5.83. The Morgan fingerprint density at radius 3 is 2.67 bits per heavy atom. The molecular weight excluding hydrogens is 358 g/mol. The molecule has 1 aromatic rings. The van der Waals surface area contributed by atoms with Gasteiger partial charge in [0.1, 0.15) is 0 Å². The van der Waals surface area contributed by atoms with Crippen molar-refractivity contribution in [1.29, 1.82) is 0 Å². The third kappa shape index (κ3) is 5.26. The van der Waals surface area contributed by atoms with Gasteiger partial charge in [-0.1, -0.05) is 13.0 Å². The fourth-order valence-corrected chi connectivity index (χ4v) is 4.92. The minimum atomic E-state index is 0.0445. The standard InChI is InChI=1S/C21H31N3O2S/c1-15(17-6-8-22-9-7-17)14-20(25)23-19-5-3-4-18(16(19)2)21(26)24-10-12-27-13-11-24/h3-5,15,17,22H,6-14H2,1-2H3,(H,23,25).